The number of nitro benzene ring substituents is 1. The van der Waals surface area contributed by atoms with Crippen LogP contribution in [0.2, 0.25) is 0 Å². The number of phenols is 1. The van der Waals surface area contributed by atoms with Crippen molar-refractivity contribution < 1.29 is 19.6 Å². The smallest absolute Gasteiger partial charge is 0.269 e. The molecule has 0 aromatic heterocycles. The summed E-state index contributed by atoms with van der Waals surface area (Å²) in [6, 6.07) is 10.5. The molecule has 1 fully saturated rings. The number of nitrogens with zero attached hydrogens (tertiary/aromatic N) is 2. The number of nitrogens with one attached hydrogen (secondary N) is 1. The molecule has 1 heterocycles. The lowest BCUT2D eigenvalue weighted by Crippen LogP contribution is -2.29. The first-order valence-corrected chi connectivity index (χ1v) is 11.0. The van der Waals surface area contributed by atoms with Crippen molar-refractivity contribution >= 4 is 73.5 Å². The molecular weight excluding hydrogens is 506 g/mol. The summed E-state index contributed by atoms with van der Waals surface area (Å²) in [5.74, 6) is -0.490. The zero-order valence-electron chi connectivity index (χ0n) is 15.9. The highest BCUT2D eigenvalue weighted by molar-refractivity contribution is 9.10. The summed E-state index contributed by atoms with van der Waals surface area (Å²) < 4.78 is 1.16. The zero-order chi connectivity index (χ0) is 22.5. The van der Waals surface area contributed by atoms with Gasteiger partial charge in [0.2, 0.25) is 5.91 Å². The number of benzene rings is 2. The fraction of sp³-hybridized carbons (Fsp3) is 0.150. The molecule has 8 nitrogen and oxygen atoms in total. The minimum atomic E-state index is -0.514. The number of anilines is 1. The topological polar surface area (TPSA) is 113 Å². The zero-order valence-corrected chi connectivity index (χ0v) is 19.1. The van der Waals surface area contributed by atoms with E-state index in [9.17, 15) is 24.8 Å². The molecule has 2 aromatic carbocycles. The fourth-order valence-corrected chi connectivity index (χ4v) is 4.44. The van der Waals surface area contributed by atoms with Crippen LogP contribution in [0.3, 0.4) is 0 Å². The molecule has 0 unspecified atom stereocenters. The van der Waals surface area contributed by atoms with Crippen LogP contribution >= 0.6 is 39.9 Å². The van der Waals surface area contributed by atoms with Crippen molar-refractivity contribution in [1.82, 2.24) is 4.90 Å². The van der Waals surface area contributed by atoms with Crippen molar-refractivity contribution in [3.05, 3.63) is 67.5 Å². The highest BCUT2D eigenvalue weighted by atomic mass is 79.9. The number of non-ortho nitro benzene ring substituents is 1. The van der Waals surface area contributed by atoms with Crippen molar-refractivity contribution in [3.63, 3.8) is 0 Å². The Hall–Kier alpha value is -2.76. The number of amides is 2. The number of hydrogen-bond acceptors (Lipinski definition) is 7. The molecule has 1 saturated heterocycles. The van der Waals surface area contributed by atoms with Crippen molar-refractivity contribution in [3.8, 4) is 5.75 Å². The normalized spacial score (nSPS) is 14.9. The van der Waals surface area contributed by atoms with Gasteiger partial charge < -0.3 is 10.4 Å². The minimum absolute atomic E-state index is 0.0522. The molecule has 11 heteroatoms. The number of carbonyl (C=O) groups excluding carboxylic acids is 2. The van der Waals surface area contributed by atoms with Crippen LogP contribution in [-0.4, -0.2) is 37.6 Å². The molecule has 160 valence electrons. The molecule has 2 aromatic rings. The maximum Gasteiger partial charge on any atom is 0.269 e. The Bertz CT molecular complexity index is 1090. The summed E-state index contributed by atoms with van der Waals surface area (Å²) in [6.45, 7) is 0.278. The standard InChI is InChI=1S/C20H16BrN3O5S2/c21-13-3-8-16(25)12(10-13)11-17-19(27)23(20(30)31-17)9-1-2-18(26)22-14-4-6-15(7-5-14)24(28)29/h3-8,10-11,25H,1-2,9H2,(H,22,26)/b17-11-. The molecule has 31 heavy (non-hydrogen) atoms. The molecular formula is C20H16BrN3O5S2. The molecule has 0 aliphatic carbocycles. The van der Waals surface area contributed by atoms with E-state index in [1.54, 1.807) is 18.2 Å². The van der Waals surface area contributed by atoms with Gasteiger partial charge in [0, 0.05) is 40.8 Å². The van der Waals surface area contributed by atoms with E-state index >= 15 is 0 Å². The Morgan fingerprint density at radius 2 is 2.00 bits per heavy atom. The summed E-state index contributed by atoms with van der Waals surface area (Å²) in [5.41, 5.74) is 0.895. The van der Waals surface area contributed by atoms with Gasteiger partial charge in [0.05, 0.1) is 9.83 Å². The fourth-order valence-electron chi connectivity index (χ4n) is 2.76. The van der Waals surface area contributed by atoms with Crippen LogP contribution in [0.1, 0.15) is 18.4 Å². The van der Waals surface area contributed by atoms with Crippen molar-refractivity contribution in [2.24, 2.45) is 0 Å². The molecule has 0 atom stereocenters. The van der Waals surface area contributed by atoms with Crippen LogP contribution < -0.4 is 5.32 Å². The van der Waals surface area contributed by atoms with E-state index < -0.39 is 4.92 Å². The molecule has 0 saturated carbocycles. The molecule has 1 aliphatic heterocycles. The number of thioether (sulfide) groups is 1. The van der Waals surface area contributed by atoms with Gasteiger partial charge in [0.25, 0.3) is 11.6 Å². The Balaban J connectivity index is 1.54. The van der Waals surface area contributed by atoms with E-state index in [0.29, 0.717) is 26.9 Å². The predicted molar refractivity (Wildman–Crippen MR) is 127 cm³/mol. The van der Waals surface area contributed by atoms with Gasteiger partial charge in [-0.1, -0.05) is 39.9 Å². The van der Waals surface area contributed by atoms with Crippen molar-refractivity contribution in [1.29, 1.82) is 0 Å². The Morgan fingerprint density at radius 3 is 2.68 bits per heavy atom. The summed E-state index contributed by atoms with van der Waals surface area (Å²) in [4.78, 5) is 36.8. The van der Waals surface area contributed by atoms with E-state index in [0.717, 1.165) is 16.2 Å². The summed E-state index contributed by atoms with van der Waals surface area (Å²) in [5, 5.41) is 23.3. The number of hydrogen-bond donors (Lipinski definition) is 2. The average Bonchev–Trinajstić information content (AvgIpc) is 2.98. The molecule has 3 rings (SSSR count). The Labute approximate surface area is 195 Å². The van der Waals surface area contributed by atoms with Crippen LogP contribution in [-0.2, 0) is 9.59 Å². The highest BCUT2D eigenvalue weighted by Gasteiger charge is 2.31. The largest absolute Gasteiger partial charge is 0.507 e. The van der Waals surface area contributed by atoms with Gasteiger partial charge in [-0.2, -0.15) is 0 Å². The maximum absolute atomic E-state index is 12.7. The summed E-state index contributed by atoms with van der Waals surface area (Å²) >= 11 is 9.76. The third kappa shape index (κ3) is 5.90. The second-order valence-corrected chi connectivity index (χ2v) is 9.08. The molecule has 1 aliphatic rings. The van der Waals surface area contributed by atoms with Gasteiger partial charge in [-0.15, -0.1) is 0 Å². The number of halogens is 1. The van der Waals surface area contributed by atoms with E-state index in [-0.39, 0.29) is 36.2 Å². The monoisotopic (exact) mass is 521 g/mol. The van der Waals surface area contributed by atoms with E-state index in [1.807, 2.05) is 0 Å². The van der Waals surface area contributed by atoms with Gasteiger partial charge in [-0.05, 0) is 42.8 Å². The average molecular weight is 522 g/mol. The molecule has 0 radical (unpaired) electrons. The van der Waals surface area contributed by atoms with Gasteiger partial charge >= 0.3 is 0 Å². The van der Waals surface area contributed by atoms with E-state index in [4.69, 9.17) is 12.2 Å². The first-order valence-electron chi connectivity index (χ1n) is 9.03. The minimum Gasteiger partial charge on any atom is -0.507 e. The number of carbonyl (C=O) groups is 2. The number of aromatic hydroxyl groups is 1. The SMILES string of the molecule is O=C(CCCN1C(=O)/C(=C/c2cc(Br)ccc2O)SC1=S)Nc1ccc([N+](=O)[O-])cc1. The van der Waals surface area contributed by atoms with E-state index in [2.05, 4.69) is 21.2 Å². The first kappa shape index (κ1) is 22.9. The quantitative estimate of drug-likeness (QED) is 0.235. The number of thiocarbonyl (C=S) groups is 1. The van der Waals surface area contributed by atoms with Gasteiger partial charge in [-0.25, -0.2) is 0 Å². The Morgan fingerprint density at radius 1 is 1.29 bits per heavy atom. The van der Waals surface area contributed by atoms with Gasteiger partial charge in [-0.3, -0.25) is 24.6 Å². The Kier molecular flexibility index (Phi) is 7.42. The van der Waals surface area contributed by atoms with Crippen LogP contribution in [0.15, 0.2) is 51.8 Å². The molecule has 2 amide bonds. The number of nitro groups is 1. The lowest BCUT2D eigenvalue weighted by atomic mass is 10.2. The third-order valence-electron chi connectivity index (χ3n) is 4.30. The molecule has 2 N–H and O–H groups in total. The second-order valence-electron chi connectivity index (χ2n) is 6.49. The van der Waals surface area contributed by atoms with Crippen LogP contribution in [0.5, 0.6) is 5.75 Å². The van der Waals surface area contributed by atoms with E-state index in [1.165, 1.54) is 35.2 Å². The third-order valence-corrected chi connectivity index (χ3v) is 6.17. The van der Waals surface area contributed by atoms with Gasteiger partial charge in [0.15, 0.2) is 0 Å². The summed E-state index contributed by atoms with van der Waals surface area (Å²) in [7, 11) is 0. The van der Waals surface area contributed by atoms with Crippen molar-refractivity contribution in [2.75, 3.05) is 11.9 Å². The predicted octanol–water partition coefficient (Wildman–Crippen LogP) is 4.68. The van der Waals surface area contributed by atoms with Gasteiger partial charge in [0.1, 0.15) is 10.1 Å². The van der Waals surface area contributed by atoms with Crippen LogP contribution in [0, 0.1) is 10.1 Å². The van der Waals surface area contributed by atoms with Crippen LogP contribution in [0.4, 0.5) is 11.4 Å². The lowest BCUT2D eigenvalue weighted by Gasteiger charge is -2.14. The highest BCUT2D eigenvalue weighted by Crippen LogP contribution is 2.34. The molecule has 0 bridgehead atoms. The second kappa shape index (κ2) is 10.0. The van der Waals surface area contributed by atoms with Crippen LogP contribution in [0.25, 0.3) is 6.08 Å². The lowest BCUT2D eigenvalue weighted by molar-refractivity contribution is -0.384. The summed E-state index contributed by atoms with van der Waals surface area (Å²) in [6.07, 6.45) is 2.13. The number of rotatable bonds is 7. The maximum atomic E-state index is 12.7. The first-order chi connectivity index (χ1) is 14.7. The van der Waals surface area contributed by atoms with Crippen molar-refractivity contribution in [2.45, 2.75) is 12.8 Å². The molecule has 0 spiro atoms. The number of phenolic OH excluding ortho intramolecular Hbond substituents is 1.